The normalized spacial score (nSPS) is 10.8. The van der Waals surface area contributed by atoms with Crippen molar-refractivity contribution in [3.05, 3.63) is 76.3 Å². The molecule has 0 radical (unpaired) electrons. The molecule has 0 fully saturated rings. The lowest BCUT2D eigenvalue weighted by molar-refractivity contribution is 0.0696. The second-order valence-electron chi connectivity index (χ2n) is 5.53. The molecule has 0 aliphatic carbocycles. The predicted molar refractivity (Wildman–Crippen MR) is 102 cm³/mol. The number of ether oxygens (including phenoxy) is 1. The molecule has 0 unspecified atom stereocenters. The number of benzene rings is 2. The van der Waals surface area contributed by atoms with E-state index in [-0.39, 0.29) is 5.56 Å². The monoisotopic (exact) mass is 367 g/mol. The number of carboxylic acid groups (broad SMARTS) is 1. The highest BCUT2D eigenvalue weighted by atomic mass is 32.1. The molecule has 0 bridgehead atoms. The van der Waals surface area contributed by atoms with E-state index in [1.807, 2.05) is 42.6 Å². The minimum atomic E-state index is -0.947. The first-order valence-corrected chi connectivity index (χ1v) is 8.74. The van der Waals surface area contributed by atoms with E-state index in [1.54, 1.807) is 24.4 Å². The van der Waals surface area contributed by atoms with Gasteiger partial charge in [-0.1, -0.05) is 12.1 Å². The van der Waals surface area contributed by atoms with Crippen molar-refractivity contribution < 1.29 is 14.6 Å². The Morgan fingerprint density at radius 1 is 1.31 bits per heavy atom. The van der Waals surface area contributed by atoms with Crippen LogP contribution >= 0.6 is 11.3 Å². The topological polar surface area (TPSA) is 83.8 Å². The van der Waals surface area contributed by atoms with Crippen molar-refractivity contribution in [3.63, 3.8) is 0 Å². The molecule has 0 saturated carbocycles. The molecular weight excluding hydrogens is 350 g/mol. The van der Waals surface area contributed by atoms with E-state index in [0.29, 0.717) is 12.4 Å². The molecule has 0 aliphatic heterocycles. The number of carbonyl (C=O) groups is 1. The maximum Gasteiger partial charge on any atom is 0.335 e. The van der Waals surface area contributed by atoms with Crippen LogP contribution in [0.2, 0.25) is 0 Å². The van der Waals surface area contributed by atoms with E-state index in [1.165, 1.54) is 11.3 Å². The van der Waals surface area contributed by atoms with Gasteiger partial charge in [0.2, 0.25) is 5.13 Å². The van der Waals surface area contributed by atoms with Crippen LogP contribution in [0.5, 0.6) is 5.75 Å². The minimum Gasteiger partial charge on any atom is -0.489 e. The standard InChI is InChI=1S/C19H17N3O3S/c1-13-12-26-19(21-13)22-20-10-14-5-7-17(8-6-14)25-11-15-3-2-4-16(9-15)18(23)24/h2-10,12H,11H2,1H3,(H,21,22)(H,23,24). The highest BCUT2D eigenvalue weighted by molar-refractivity contribution is 7.13. The molecule has 0 spiro atoms. The van der Waals surface area contributed by atoms with Crippen LogP contribution in [0.4, 0.5) is 5.13 Å². The van der Waals surface area contributed by atoms with Crippen LogP contribution in [0.15, 0.2) is 59.0 Å². The Kier molecular flexibility index (Phi) is 5.60. The summed E-state index contributed by atoms with van der Waals surface area (Å²) in [6, 6.07) is 14.2. The highest BCUT2D eigenvalue weighted by Gasteiger charge is 2.03. The second kappa shape index (κ2) is 8.26. The van der Waals surface area contributed by atoms with Gasteiger partial charge in [0.25, 0.3) is 0 Å². The van der Waals surface area contributed by atoms with Crippen LogP contribution in [0.1, 0.15) is 27.2 Å². The summed E-state index contributed by atoms with van der Waals surface area (Å²) in [6.45, 7) is 2.24. The summed E-state index contributed by atoms with van der Waals surface area (Å²) < 4.78 is 5.70. The van der Waals surface area contributed by atoms with Gasteiger partial charge in [0, 0.05) is 5.38 Å². The fraction of sp³-hybridized carbons (Fsp3) is 0.105. The Balaban J connectivity index is 1.54. The zero-order valence-electron chi connectivity index (χ0n) is 14.0. The van der Waals surface area contributed by atoms with E-state index in [9.17, 15) is 4.79 Å². The van der Waals surface area contributed by atoms with Gasteiger partial charge in [0.15, 0.2) is 0 Å². The largest absolute Gasteiger partial charge is 0.489 e. The van der Waals surface area contributed by atoms with Gasteiger partial charge in [-0.2, -0.15) is 5.10 Å². The molecule has 0 atom stereocenters. The molecule has 26 heavy (non-hydrogen) atoms. The van der Waals surface area contributed by atoms with E-state index < -0.39 is 5.97 Å². The van der Waals surface area contributed by atoms with Gasteiger partial charge in [0.05, 0.1) is 17.5 Å². The van der Waals surface area contributed by atoms with Crippen molar-refractivity contribution in [3.8, 4) is 5.75 Å². The third-order valence-corrected chi connectivity index (χ3v) is 4.32. The summed E-state index contributed by atoms with van der Waals surface area (Å²) in [5, 5.41) is 15.9. The summed E-state index contributed by atoms with van der Waals surface area (Å²) in [6.07, 6.45) is 1.71. The predicted octanol–water partition coefficient (Wildman–Crippen LogP) is 4.17. The molecule has 132 valence electrons. The molecule has 1 heterocycles. The van der Waals surface area contributed by atoms with Crippen LogP contribution in [0.3, 0.4) is 0 Å². The number of thiazole rings is 1. The number of hydrogen-bond acceptors (Lipinski definition) is 6. The number of rotatable bonds is 7. The summed E-state index contributed by atoms with van der Waals surface area (Å²) >= 11 is 1.50. The average molecular weight is 367 g/mol. The number of aryl methyl sites for hydroxylation is 1. The van der Waals surface area contributed by atoms with E-state index in [4.69, 9.17) is 9.84 Å². The highest BCUT2D eigenvalue weighted by Crippen LogP contribution is 2.16. The first kappa shape index (κ1) is 17.6. The van der Waals surface area contributed by atoms with Crippen LogP contribution in [0, 0.1) is 6.92 Å². The maximum absolute atomic E-state index is 11.0. The van der Waals surface area contributed by atoms with Crippen LogP contribution < -0.4 is 10.2 Å². The maximum atomic E-state index is 11.0. The van der Waals surface area contributed by atoms with Gasteiger partial charge in [-0.05, 0) is 54.4 Å². The number of carboxylic acids is 1. The first-order valence-electron chi connectivity index (χ1n) is 7.86. The molecule has 0 aliphatic rings. The van der Waals surface area contributed by atoms with Gasteiger partial charge >= 0.3 is 5.97 Å². The molecule has 6 nitrogen and oxygen atoms in total. The summed E-state index contributed by atoms with van der Waals surface area (Å²) in [7, 11) is 0. The Labute approximate surface area is 154 Å². The zero-order valence-corrected chi connectivity index (χ0v) is 14.9. The molecule has 3 rings (SSSR count). The number of aromatic nitrogens is 1. The quantitative estimate of drug-likeness (QED) is 0.483. The SMILES string of the molecule is Cc1csc(NN=Cc2ccc(OCc3cccc(C(=O)O)c3)cc2)n1. The van der Waals surface area contributed by atoms with Crippen LogP contribution in [-0.2, 0) is 6.61 Å². The Morgan fingerprint density at radius 2 is 2.12 bits per heavy atom. The lowest BCUT2D eigenvalue weighted by Crippen LogP contribution is -2.00. The van der Waals surface area contributed by atoms with Crippen molar-refractivity contribution in [1.82, 2.24) is 4.98 Å². The van der Waals surface area contributed by atoms with Crippen molar-refractivity contribution in [2.45, 2.75) is 13.5 Å². The third-order valence-electron chi connectivity index (χ3n) is 3.45. The minimum absolute atomic E-state index is 0.251. The van der Waals surface area contributed by atoms with Crippen LogP contribution in [0.25, 0.3) is 0 Å². The molecule has 0 saturated heterocycles. The van der Waals surface area contributed by atoms with Gasteiger partial charge in [-0.3, -0.25) is 5.43 Å². The lowest BCUT2D eigenvalue weighted by atomic mass is 10.1. The number of hydrogen-bond donors (Lipinski definition) is 2. The number of aromatic carboxylic acids is 1. The molecule has 2 N–H and O–H groups in total. The Morgan fingerprint density at radius 3 is 2.81 bits per heavy atom. The number of nitrogens with zero attached hydrogens (tertiary/aromatic N) is 2. The fourth-order valence-corrected chi connectivity index (χ4v) is 2.82. The number of anilines is 1. The Bertz CT molecular complexity index is 920. The van der Waals surface area contributed by atoms with Gasteiger partial charge in [0.1, 0.15) is 12.4 Å². The molecule has 1 aromatic heterocycles. The second-order valence-corrected chi connectivity index (χ2v) is 6.39. The van der Waals surface area contributed by atoms with Crippen molar-refractivity contribution in [2.75, 3.05) is 5.43 Å². The molecular formula is C19H17N3O3S. The van der Waals surface area contributed by atoms with E-state index >= 15 is 0 Å². The van der Waals surface area contributed by atoms with E-state index in [2.05, 4.69) is 15.5 Å². The molecule has 3 aromatic rings. The lowest BCUT2D eigenvalue weighted by Gasteiger charge is -2.07. The molecule has 0 amide bonds. The van der Waals surface area contributed by atoms with Crippen molar-refractivity contribution in [2.24, 2.45) is 5.10 Å². The van der Waals surface area contributed by atoms with Crippen LogP contribution in [-0.4, -0.2) is 22.3 Å². The number of hydrazone groups is 1. The first-order chi connectivity index (χ1) is 12.6. The number of nitrogens with one attached hydrogen (secondary N) is 1. The zero-order chi connectivity index (χ0) is 18.4. The van der Waals surface area contributed by atoms with Gasteiger partial charge in [-0.15, -0.1) is 11.3 Å². The van der Waals surface area contributed by atoms with E-state index in [0.717, 1.165) is 22.0 Å². The molecule has 7 heteroatoms. The van der Waals surface area contributed by atoms with Crippen molar-refractivity contribution in [1.29, 1.82) is 0 Å². The summed E-state index contributed by atoms with van der Waals surface area (Å²) in [4.78, 5) is 15.2. The molecule has 2 aromatic carbocycles. The summed E-state index contributed by atoms with van der Waals surface area (Å²) in [5.41, 5.74) is 5.83. The Hall–Kier alpha value is -3.19. The smallest absolute Gasteiger partial charge is 0.335 e. The summed E-state index contributed by atoms with van der Waals surface area (Å²) in [5.74, 6) is -0.247. The average Bonchev–Trinajstić information content (AvgIpc) is 3.06. The van der Waals surface area contributed by atoms with Gasteiger partial charge < -0.3 is 9.84 Å². The van der Waals surface area contributed by atoms with Crippen molar-refractivity contribution >= 4 is 28.7 Å². The van der Waals surface area contributed by atoms with Gasteiger partial charge in [-0.25, -0.2) is 9.78 Å². The fourth-order valence-electron chi connectivity index (χ4n) is 2.18. The third kappa shape index (κ3) is 4.90.